The molecular weight excluding hydrogens is 170 g/mol. The standard InChI is InChI=1S/C13H21N/c1-10(2)13-6-4-12(5-7-13)8-11(3)9-14/h4-7,10-11H,8-9,14H2,1-3H3/t11-/m0/s1. The molecule has 1 aromatic carbocycles. The molecule has 1 atom stereocenters. The van der Waals surface area contributed by atoms with Gasteiger partial charge in [0.1, 0.15) is 0 Å². The summed E-state index contributed by atoms with van der Waals surface area (Å²) in [6, 6.07) is 8.90. The molecule has 0 aliphatic heterocycles. The monoisotopic (exact) mass is 191 g/mol. The third-order valence-corrected chi connectivity index (χ3v) is 2.63. The summed E-state index contributed by atoms with van der Waals surface area (Å²) in [5.41, 5.74) is 8.40. The lowest BCUT2D eigenvalue weighted by atomic mass is 9.97. The maximum atomic E-state index is 5.60. The predicted molar refractivity (Wildman–Crippen MR) is 62.5 cm³/mol. The molecule has 0 aliphatic carbocycles. The zero-order valence-corrected chi connectivity index (χ0v) is 9.46. The Morgan fingerprint density at radius 2 is 1.64 bits per heavy atom. The van der Waals surface area contributed by atoms with Crippen molar-refractivity contribution < 1.29 is 0 Å². The quantitative estimate of drug-likeness (QED) is 0.778. The van der Waals surface area contributed by atoms with Gasteiger partial charge in [-0.15, -0.1) is 0 Å². The van der Waals surface area contributed by atoms with E-state index in [0.717, 1.165) is 13.0 Å². The van der Waals surface area contributed by atoms with Crippen LogP contribution in [0.2, 0.25) is 0 Å². The van der Waals surface area contributed by atoms with E-state index >= 15 is 0 Å². The van der Waals surface area contributed by atoms with Gasteiger partial charge < -0.3 is 5.73 Å². The van der Waals surface area contributed by atoms with Crippen LogP contribution in [0.25, 0.3) is 0 Å². The Morgan fingerprint density at radius 3 is 2.07 bits per heavy atom. The molecule has 1 nitrogen and oxygen atoms in total. The highest BCUT2D eigenvalue weighted by molar-refractivity contribution is 5.24. The lowest BCUT2D eigenvalue weighted by Crippen LogP contribution is -2.13. The third kappa shape index (κ3) is 3.15. The Balaban J connectivity index is 2.64. The van der Waals surface area contributed by atoms with E-state index in [1.807, 2.05) is 0 Å². The number of hydrogen-bond acceptors (Lipinski definition) is 1. The normalized spacial score (nSPS) is 13.2. The zero-order chi connectivity index (χ0) is 10.6. The Morgan fingerprint density at radius 1 is 1.07 bits per heavy atom. The first-order valence-electron chi connectivity index (χ1n) is 5.42. The van der Waals surface area contributed by atoms with Crippen LogP contribution < -0.4 is 5.73 Å². The molecular formula is C13H21N. The van der Waals surface area contributed by atoms with Crippen molar-refractivity contribution in [2.45, 2.75) is 33.1 Å². The lowest BCUT2D eigenvalue weighted by Gasteiger charge is -2.10. The molecule has 1 heteroatoms. The van der Waals surface area contributed by atoms with Crippen LogP contribution in [0, 0.1) is 5.92 Å². The summed E-state index contributed by atoms with van der Waals surface area (Å²) < 4.78 is 0. The van der Waals surface area contributed by atoms with Crippen molar-refractivity contribution in [1.29, 1.82) is 0 Å². The Labute approximate surface area is 87.3 Å². The molecule has 2 N–H and O–H groups in total. The van der Waals surface area contributed by atoms with Crippen LogP contribution in [-0.4, -0.2) is 6.54 Å². The van der Waals surface area contributed by atoms with Crippen molar-refractivity contribution in [3.63, 3.8) is 0 Å². The summed E-state index contributed by atoms with van der Waals surface area (Å²) in [6.07, 6.45) is 1.09. The van der Waals surface area contributed by atoms with Crippen molar-refractivity contribution in [2.24, 2.45) is 11.7 Å². The Hall–Kier alpha value is -0.820. The van der Waals surface area contributed by atoms with E-state index in [1.54, 1.807) is 0 Å². The molecule has 78 valence electrons. The first-order chi connectivity index (χ1) is 6.63. The molecule has 0 aromatic heterocycles. The molecule has 1 rings (SSSR count). The van der Waals surface area contributed by atoms with Crippen molar-refractivity contribution in [3.05, 3.63) is 35.4 Å². The van der Waals surface area contributed by atoms with Gasteiger partial charge in [-0.1, -0.05) is 45.0 Å². The van der Waals surface area contributed by atoms with E-state index in [0.29, 0.717) is 11.8 Å². The van der Waals surface area contributed by atoms with Crippen molar-refractivity contribution >= 4 is 0 Å². The van der Waals surface area contributed by atoms with Crippen LogP contribution in [0.1, 0.15) is 37.8 Å². The van der Waals surface area contributed by atoms with E-state index in [1.165, 1.54) is 11.1 Å². The summed E-state index contributed by atoms with van der Waals surface area (Å²) in [7, 11) is 0. The first-order valence-corrected chi connectivity index (χ1v) is 5.42. The highest BCUT2D eigenvalue weighted by atomic mass is 14.5. The highest BCUT2D eigenvalue weighted by Gasteiger charge is 2.02. The average Bonchev–Trinajstić information content (AvgIpc) is 2.18. The summed E-state index contributed by atoms with van der Waals surface area (Å²) in [5, 5.41) is 0. The molecule has 0 unspecified atom stereocenters. The fraction of sp³-hybridized carbons (Fsp3) is 0.538. The van der Waals surface area contributed by atoms with E-state index in [9.17, 15) is 0 Å². The summed E-state index contributed by atoms with van der Waals surface area (Å²) in [4.78, 5) is 0. The highest BCUT2D eigenvalue weighted by Crippen LogP contribution is 2.16. The molecule has 1 aromatic rings. The van der Waals surface area contributed by atoms with Crippen molar-refractivity contribution in [3.8, 4) is 0 Å². The molecule has 0 spiro atoms. The molecule has 0 fully saturated rings. The van der Waals surface area contributed by atoms with Gasteiger partial charge in [0.15, 0.2) is 0 Å². The summed E-state index contributed by atoms with van der Waals surface area (Å²) in [6.45, 7) is 7.40. The van der Waals surface area contributed by atoms with E-state index < -0.39 is 0 Å². The maximum absolute atomic E-state index is 5.60. The molecule has 0 saturated heterocycles. The minimum absolute atomic E-state index is 0.583. The lowest BCUT2D eigenvalue weighted by molar-refractivity contribution is 0.593. The molecule has 0 heterocycles. The molecule has 0 amide bonds. The van der Waals surface area contributed by atoms with Crippen LogP contribution in [0.3, 0.4) is 0 Å². The summed E-state index contributed by atoms with van der Waals surface area (Å²) >= 11 is 0. The van der Waals surface area contributed by atoms with Crippen LogP contribution >= 0.6 is 0 Å². The first kappa shape index (κ1) is 11.3. The Bertz CT molecular complexity index is 261. The van der Waals surface area contributed by atoms with Gasteiger partial charge in [-0.3, -0.25) is 0 Å². The molecule has 0 aliphatic rings. The maximum Gasteiger partial charge on any atom is -0.00483 e. The van der Waals surface area contributed by atoms with Crippen LogP contribution in [0.5, 0.6) is 0 Å². The predicted octanol–water partition coefficient (Wildman–Crippen LogP) is 2.95. The van der Waals surface area contributed by atoms with Crippen LogP contribution in [0.4, 0.5) is 0 Å². The fourth-order valence-corrected chi connectivity index (χ4v) is 1.52. The van der Waals surface area contributed by atoms with Crippen LogP contribution in [-0.2, 0) is 6.42 Å². The molecule has 0 bridgehead atoms. The third-order valence-electron chi connectivity index (χ3n) is 2.63. The Kier molecular flexibility index (Phi) is 4.15. The zero-order valence-electron chi connectivity index (χ0n) is 9.46. The van der Waals surface area contributed by atoms with Gasteiger partial charge in [-0.25, -0.2) is 0 Å². The van der Waals surface area contributed by atoms with Gasteiger partial charge in [0, 0.05) is 0 Å². The number of rotatable bonds is 4. The van der Waals surface area contributed by atoms with Gasteiger partial charge in [0.05, 0.1) is 0 Å². The second kappa shape index (κ2) is 5.16. The summed E-state index contributed by atoms with van der Waals surface area (Å²) in [5.74, 6) is 1.20. The topological polar surface area (TPSA) is 26.0 Å². The smallest absolute Gasteiger partial charge is 0.00483 e. The molecule has 0 saturated carbocycles. The van der Waals surface area contributed by atoms with E-state index in [-0.39, 0.29) is 0 Å². The van der Waals surface area contributed by atoms with Crippen LogP contribution in [0.15, 0.2) is 24.3 Å². The van der Waals surface area contributed by atoms with E-state index in [4.69, 9.17) is 5.73 Å². The second-order valence-electron chi connectivity index (χ2n) is 4.44. The van der Waals surface area contributed by atoms with Gasteiger partial charge in [-0.2, -0.15) is 0 Å². The van der Waals surface area contributed by atoms with Gasteiger partial charge in [-0.05, 0) is 35.9 Å². The van der Waals surface area contributed by atoms with Crippen molar-refractivity contribution in [1.82, 2.24) is 0 Å². The fourth-order valence-electron chi connectivity index (χ4n) is 1.52. The SMILES string of the molecule is CC(C)c1ccc(C[C@H](C)CN)cc1. The van der Waals surface area contributed by atoms with Crippen molar-refractivity contribution in [2.75, 3.05) is 6.54 Å². The average molecular weight is 191 g/mol. The second-order valence-corrected chi connectivity index (χ2v) is 4.44. The molecule has 14 heavy (non-hydrogen) atoms. The van der Waals surface area contributed by atoms with Gasteiger partial charge in [0.25, 0.3) is 0 Å². The number of benzene rings is 1. The van der Waals surface area contributed by atoms with Gasteiger partial charge >= 0.3 is 0 Å². The minimum atomic E-state index is 0.583. The molecule has 0 radical (unpaired) electrons. The number of hydrogen-bond donors (Lipinski definition) is 1. The largest absolute Gasteiger partial charge is 0.330 e. The number of nitrogens with two attached hydrogens (primary N) is 1. The van der Waals surface area contributed by atoms with Gasteiger partial charge in [0.2, 0.25) is 0 Å². The minimum Gasteiger partial charge on any atom is -0.330 e. The van der Waals surface area contributed by atoms with E-state index in [2.05, 4.69) is 45.0 Å².